The first-order chi connectivity index (χ1) is 7.63. The molecule has 0 unspecified atom stereocenters. The minimum atomic E-state index is -0.349. The topological polar surface area (TPSA) is 58.2 Å². The summed E-state index contributed by atoms with van der Waals surface area (Å²) < 4.78 is 0. The van der Waals surface area contributed by atoms with Crippen molar-refractivity contribution >= 4 is 23.7 Å². The number of imide groups is 1. The van der Waals surface area contributed by atoms with Crippen molar-refractivity contribution in [2.75, 3.05) is 12.0 Å². The number of hydrogen-bond donors (Lipinski definition) is 2. The Labute approximate surface area is 101 Å². The van der Waals surface area contributed by atoms with Crippen LogP contribution in [0.1, 0.15) is 32.6 Å². The second kappa shape index (κ2) is 6.78. The molecule has 1 rings (SSSR count). The second-order valence-corrected chi connectivity index (χ2v) is 5.19. The molecule has 0 spiro atoms. The standard InChI is InChI=1S/C11H20N2O2S/c1-8-5-3-4-6-9(8)12-11(15)13-10(14)7-16-2/h8-9H,3-7H2,1-2H3,(H2,12,13,14,15)/t8-,9+/m1/s1. The van der Waals surface area contributed by atoms with Gasteiger partial charge in [-0.1, -0.05) is 19.8 Å². The molecule has 92 valence electrons. The van der Waals surface area contributed by atoms with Crippen LogP contribution in [0.4, 0.5) is 4.79 Å². The Hall–Kier alpha value is -0.710. The first-order valence-electron chi connectivity index (χ1n) is 5.72. The lowest BCUT2D eigenvalue weighted by atomic mass is 9.86. The lowest BCUT2D eigenvalue weighted by Crippen LogP contribution is -2.48. The minimum Gasteiger partial charge on any atom is -0.335 e. The fourth-order valence-electron chi connectivity index (χ4n) is 2.03. The van der Waals surface area contributed by atoms with Crippen LogP contribution in [0.5, 0.6) is 0 Å². The average molecular weight is 244 g/mol. The molecular weight excluding hydrogens is 224 g/mol. The van der Waals surface area contributed by atoms with Gasteiger partial charge in [-0.05, 0) is 25.0 Å². The van der Waals surface area contributed by atoms with Gasteiger partial charge in [-0.3, -0.25) is 10.1 Å². The van der Waals surface area contributed by atoms with Gasteiger partial charge in [-0.15, -0.1) is 0 Å². The van der Waals surface area contributed by atoms with E-state index >= 15 is 0 Å². The molecule has 0 saturated heterocycles. The molecule has 0 aromatic heterocycles. The van der Waals surface area contributed by atoms with E-state index in [1.54, 1.807) is 0 Å². The summed E-state index contributed by atoms with van der Waals surface area (Å²) in [6, 6.07) is -0.131. The predicted octanol–water partition coefficient (Wildman–Crippen LogP) is 1.75. The Morgan fingerprint density at radius 2 is 2.00 bits per heavy atom. The van der Waals surface area contributed by atoms with Crippen molar-refractivity contribution in [2.45, 2.75) is 38.6 Å². The lowest BCUT2D eigenvalue weighted by molar-refractivity contribution is -0.117. The third-order valence-electron chi connectivity index (χ3n) is 2.96. The Bertz CT molecular complexity index is 258. The van der Waals surface area contributed by atoms with Gasteiger partial charge in [0, 0.05) is 6.04 Å². The highest BCUT2D eigenvalue weighted by Gasteiger charge is 2.23. The van der Waals surface area contributed by atoms with Crippen molar-refractivity contribution in [1.82, 2.24) is 10.6 Å². The monoisotopic (exact) mass is 244 g/mol. The van der Waals surface area contributed by atoms with E-state index in [9.17, 15) is 9.59 Å². The molecule has 0 bridgehead atoms. The van der Waals surface area contributed by atoms with Crippen molar-refractivity contribution in [3.63, 3.8) is 0 Å². The molecule has 0 aromatic carbocycles. The summed E-state index contributed by atoms with van der Waals surface area (Å²) in [5.74, 6) is 0.608. The van der Waals surface area contributed by atoms with E-state index in [1.165, 1.54) is 18.2 Å². The summed E-state index contributed by atoms with van der Waals surface area (Å²) >= 11 is 1.41. The molecule has 0 heterocycles. The van der Waals surface area contributed by atoms with E-state index in [1.807, 2.05) is 6.26 Å². The van der Waals surface area contributed by atoms with Crippen molar-refractivity contribution in [3.05, 3.63) is 0 Å². The molecule has 1 saturated carbocycles. The highest BCUT2D eigenvalue weighted by atomic mass is 32.2. The number of rotatable bonds is 3. The van der Waals surface area contributed by atoms with E-state index in [0.717, 1.165) is 19.3 Å². The molecule has 1 aliphatic carbocycles. The summed E-state index contributed by atoms with van der Waals surface area (Å²) in [6.45, 7) is 2.15. The normalized spacial score (nSPS) is 24.9. The zero-order valence-electron chi connectivity index (χ0n) is 9.91. The van der Waals surface area contributed by atoms with Crippen LogP contribution in [0.15, 0.2) is 0 Å². The fraction of sp³-hybridized carbons (Fsp3) is 0.818. The number of carbonyl (C=O) groups excluding carboxylic acids is 2. The number of carbonyl (C=O) groups is 2. The molecule has 1 fully saturated rings. The van der Waals surface area contributed by atoms with Crippen LogP contribution in [-0.4, -0.2) is 30.0 Å². The van der Waals surface area contributed by atoms with Crippen molar-refractivity contribution in [2.24, 2.45) is 5.92 Å². The van der Waals surface area contributed by atoms with E-state index in [0.29, 0.717) is 11.7 Å². The Morgan fingerprint density at radius 1 is 1.31 bits per heavy atom. The quantitative estimate of drug-likeness (QED) is 0.795. The summed E-state index contributed by atoms with van der Waals surface area (Å²) in [7, 11) is 0. The largest absolute Gasteiger partial charge is 0.335 e. The van der Waals surface area contributed by atoms with Crippen LogP contribution < -0.4 is 10.6 Å². The van der Waals surface area contributed by atoms with Crippen LogP contribution in [0, 0.1) is 5.92 Å². The summed E-state index contributed by atoms with van der Waals surface area (Å²) in [6.07, 6.45) is 6.41. The molecule has 16 heavy (non-hydrogen) atoms. The van der Waals surface area contributed by atoms with Crippen LogP contribution in [0.3, 0.4) is 0 Å². The van der Waals surface area contributed by atoms with E-state index < -0.39 is 0 Å². The van der Waals surface area contributed by atoms with Gasteiger partial charge < -0.3 is 5.32 Å². The molecule has 4 nitrogen and oxygen atoms in total. The number of amides is 3. The zero-order chi connectivity index (χ0) is 12.0. The van der Waals surface area contributed by atoms with Gasteiger partial charge in [0.2, 0.25) is 5.91 Å². The Kier molecular flexibility index (Phi) is 5.66. The van der Waals surface area contributed by atoms with Crippen LogP contribution in [-0.2, 0) is 4.79 Å². The lowest BCUT2D eigenvalue weighted by Gasteiger charge is -2.29. The highest BCUT2D eigenvalue weighted by Crippen LogP contribution is 2.23. The minimum absolute atomic E-state index is 0.218. The zero-order valence-corrected chi connectivity index (χ0v) is 10.7. The molecule has 2 atom stereocenters. The highest BCUT2D eigenvalue weighted by molar-refractivity contribution is 7.99. The van der Waals surface area contributed by atoms with Crippen molar-refractivity contribution in [3.8, 4) is 0 Å². The van der Waals surface area contributed by atoms with Crippen molar-refractivity contribution < 1.29 is 9.59 Å². The molecule has 3 amide bonds. The number of hydrogen-bond acceptors (Lipinski definition) is 3. The van der Waals surface area contributed by atoms with Gasteiger partial charge in [0.1, 0.15) is 0 Å². The summed E-state index contributed by atoms with van der Waals surface area (Å²) in [5.41, 5.74) is 0. The first kappa shape index (κ1) is 13.4. The van der Waals surface area contributed by atoms with Gasteiger partial charge in [-0.2, -0.15) is 11.8 Å². The van der Waals surface area contributed by atoms with Crippen LogP contribution in [0.25, 0.3) is 0 Å². The maximum absolute atomic E-state index is 11.5. The van der Waals surface area contributed by atoms with E-state index in [-0.39, 0.29) is 18.0 Å². The number of thioether (sulfide) groups is 1. The number of urea groups is 1. The molecule has 0 aliphatic heterocycles. The molecule has 0 aromatic rings. The second-order valence-electron chi connectivity index (χ2n) is 4.32. The van der Waals surface area contributed by atoms with Crippen molar-refractivity contribution in [1.29, 1.82) is 0 Å². The molecule has 5 heteroatoms. The smallest absolute Gasteiger partial charge is 0.321 e. The SMILES string of the molecule is CSCC(=O)NC(=O)N[C@H]1CCCC[C@H]1C. The maximum Gasteiger partial charge on any atom is 0.321 e. The molecule has 1 aliphatic rings. The van der Waals surface area contributed by atoms with Crippen LogP contribution in [0.2, 0.25) is 0 Å². The first-order valence-corrected chi connectivity index (χ1v) is 7.12. The van der Waals surface area contributed by atoms with Gasteiger partial charge in [0.05, 0.1) is 5.75 Å². The van der Waals surface area contributed by atoms with E-state index in [4.69, 9.17) is 0 Å². The van der Waals surface area contributed by atoms with Gasteiger partial charge in [-0.25, -0.2) is 4.79 Å². The third kappa shape index (κ3) is 4.43. The fourth-order valence-corrected chi connectivity index (χ4v) is 2.36. The third-order valence-corrected chi connectivity index (χ3v) is 3.51. The van der Waals surface area contributed by atoms with Gasteiger partial charge >= 0.3 is 6.03 Å². The molecule has 0 radical (unpaired) electrons. The summed E-state index contributed by atoms with van der Waals surface area (Å²) in [4.78, 5) is 22.7. The summed E-state index contributed by atoms with van der Waals surface area (Å²) in [5, 5.41) is 5.22. The average Bonchev–Trinajstić information content (AvgIpc) is 2.21. The Morgan fingerprint density at radius 3 is 2.62 bits per heavy atom. The maximum atomic E-state index is 11.5. The van der Waals surface area contributed by atoms with E-state index in [2.05, 4.69) is 17.6 Å². The van der Waals surface area contributed by atoms with Gasteiger partial charge in [0.15, 0.2) is 0 Å². The van der Waals surface area contributed by atoms with Crippen LogP contribution >= 0.6 is 11.8 Å². The molecule has 2 N–H and O–H groups in total. The number of nitrogens with one attached hydrogen (secondary N) is 2. The molecular formula is C11H20N2O2S. The predicted molar refractivity (Wildman–Crippen MR) is 66.5 cm³/mol. The van der Waals surface area contributed by atoms with Gasteiger partial charge in [0.25, 0.3) is 0 Å². The Balaban J connectivity index is 2.30.